The predicted octanol–water partition coefficient (Wildman–Crippen LogP) is 5.95. The second kappa shape index (κ2) is 9.07. The number of benzene rings is 2. The lowest BCUT2D eigenvalue weighted by atomic mass is 10.1. The Morgan fingerprint density at radius 1 is 1.04 bits per heavy atom. The number of carbonyl (C=O) groups is 1. The van der Waals surface area contributed by atoms with Crippen LogP contribution in [0.5, 0.6) is 0 Å². The number of amides is 1. The minimum Gasteiger partial charge on any atom is -0.322 e. The molecule has 0 atom stereocenters. The van der Waals surface area contributed by atoms with Gasteiger partial charge in [0.25, 0.3) is 5.91 Å². The van der Waals surface area contributed by atoms with Crippen LogP contribution in [0.25, 0.3) is 6.08 Å². The Bertz CT molecular complexity index is 666. The molecule has 1 amide bonds. The fourth-order valence-corrected chi connectivity index (χ4v) is 2.39. The maximum atomic E-state index is 12.3. The Kier molecular flexibility index (Phi) is 6.80. The quantitative estimate of drug-likeness (QED) is 0.670. The van der Waals surface area contributed by atoms with Crippen LogP contribution in [0.4, 0.5) is 5.69 Å². The summed E-state index contributed by atoms with van der Waals surface area (Å²) in [4.78, 5) is 12.3. The number of hydrogen-bond acceptors (Lipinski definition) is 1. The molecule has 0 fully saturated rings. The summed E-state index contributed by atoms with van der Waals surface area (Å²) in [5, 5.41) is 2.95. The highest BCUT2D eigenvalue weighted by Gasteiger charge is 2.05. The summed E-state index contributed by atoms with van der Waals surface area (Å²) in [6.45, 7) is 6.48. The standard InChI is InChI=1S/C22H27NO/c1-4-5-6-18-11-15-21(16-12-18)23-22(24)20-13-9-19(10-14-20)8-7-17(2)3/h7-17H,4-6H2,1-3H3,(H,23,24). The zero-order valence-corrected chi connectivity index (χ0v) is 14.9. The first-order valence-electron chi connectivity index (χ1n) is 8.77. The molecule has 0 bridgehead atoms. The third-order valence-corrected chi connectivity index (χ3v) is 3.88. The van der Waals surface area contributed by atoms with E-state index in [1.807, 2.05) is 36.4 Å². The topological polar surface area (TPSA) is 29.1 Å². The molecule has 0 heterocycles. The molecule has 2 aromatic carbocycles. The molecule has 24 heavy (non-hydrogen) atoms. The van der Waals surface area contributed by atoms with Gasteiger partial charge in [0.15, 0.2) is 0 Å². The van der Waals surface area contributed by atoms with E-state index in [0.717, 1.165) is 17.7 Å². The number of nitrogens with one attached hydrogen (secondary N) is 1. The fourth-order valence-electron chi connectivity index (χ4n) is 2.39. The van der Waals surface area contributed by atoms with Crippen molar-refractivity contribution in [2.24, 2.45) is 5.92 Å². The van der Waals surface area contributed by atoms with Gasteiger partial charge in [0.2, 0.25) is 0 Å². The Balaban J connectivity index is 1.96. The van der Waals surface area contributed by atoms with E-state index in [9.17, 15) is 4.79 Å². The first kappa shape index (κ1) is 18.0. The fraction of sp³-hybridized carbons (Fsp3) is 0.318. The third kappa shape index (κ3) is 5.69. The van der Waals surface area contributed by atoms with Gasteiger partial charge in [0.1, 0.15) is 0 Å². The molecule has 0 radical (unpaired) electrons. The lowest BCUT2D eigenvalue weighted by Gasteiger charge is -2.07. The van der Waals surface area contributed by atoms with Crippen molar-refractivity contribution in [2.75, 3.05) is 5.32 Å². The summed E-state index contributed by atoms with van der Waals surface area (Å²) in [7, 11) is 0. The van der Waals surface area contributed by atoms with Gasteiger partial charge in [-0.1, -0.05) is 63.6 Å². The van der Waals surface area contributed by atoms with E-state index in [1.165, 1.54) is 18.4 Å². The molecule has 0 saturated heterocycles. The van der Waals surface area contributed by atoms with Crippen molar-refractivity contribution in [1.29, 1.82) is 0 Å². The van der Waals surface area contributed by atoms with Crippen LogP contribution in [0, 0.1) is 5.92 Å². The monoisotopic (exact) mass is 321 g/mol. The van der Waals surface area contributed by atoms with Gasteiger partial charge in [-0.25, -0.2) is 0 Å². The van der Waals surface area contributed by atoms with Crippen LogP contribution in [-0.4, -0.2) is 5.91 Å². The second-order valence-corrected chi connectivity index (χ2v) is 6.48. The van der Waals surface area contributed by atoms with E-state index in [1.54, 1.807) is 0 Å². The van der Waals surface area contributed by atoms with E-state index in [4.69, 9.17) is 0 Å². The highest BCUT2D eigenvalue weighted by atomic mass is 16.1. The van der Waals surface area contributed by atoms with Gasteiger partial charge in [-0.05, 0) is 54.2 Å². The molecule has 2 aromatic rings. The molecule has 0 aliphatic heterocycles. The minimum absolute atomic E-state index is 0.0734. The molecule has 2 rings (SSSR count). The van der Waals surface area contributed by atoms with Crippen molar-refractivity contribution in [3.63, 3.8) is 0 Å². The van der Waals surface area contributed by atoms with Gasteiger partial charge in [0.05, 0.1) is 0 Å². The molecule has 0 spiro atoms. The van der Waals surface area contributed by atoms with Crippen LogP contribution < -0.4 is 5.32 Å². The summed E-state index contributed by atoms with van der Waals surface area (Å²) in [5.41, 5.74) is 3.94. The number of aryl methyl sites for hydroxylation is 1. The van der Waals surface area contributed by atoms with Crippen molar-refractivity contribution in [2.45, 2.75) is 40.0 Å². The molecule has 2 heteroatoms. The van der Waals surface area contributed by atoms with Crippen LogP contribution in [0.3, 0.4) is 0 Å². The number of carbonyl (C=O) groups excluding carboxylic acids is 1. The Morgan fingerprint density at radius 3 is 2.29 bits per heavy atom. The van der Waals surface area contributed by atoms with Crippen LogP contribution in [0.1, 0.15) is 55.1 Å². The summed E-state index contributed by atoms with van der Waals surface area (Å²) in [6.07, 6.45) is 7.72. The molecule has 0 aliphatic rings. The lowest BCUT2D eigenvalue weighted by Crippen LogP contribution is -2.11. The van der Waals surface area contributed by atoms with E-state index in [-0.39, 0.29) is 5.91 Å². The zero-order chi connectivity index (χ0) is 17.4. The maximum Gasteiger partial charge on any atom is 0.255 e. The molecule has 2 nitrogen and oxygen atoms in total. The number of unbranched alkanes of at least 4 members (excludes halogenated alkanes) is 1. The summed E-state index contributed by atoms with van der Waals surface area (Å²) < 4.78 is 0. The molecular formula is C22H27NO. The Morgan fingerprint density at radius 2 is 1.71 bits per heavy atom. The predicted molar refractivity (Wildman–Crippen MR) is 103 cm³/mol. The van der Waals surface area contributed by atoms with Crippen molar-refractivity contribution in [3.8, 4) is 0 Å². The molecule has 0 unspecified atom stereocenters. The number of allylic oxidation sites excluding steroid dienone is 1. The Labute approximate surface area is 145 Å². The number of hydrogen-bond donors (Lipinski definition) is 1. The molecule has 0 aromatic heterocycles. The average molecular weight is 321 g/mol. The SMILES string of the molecule is CCCCc1ccc(NC(=O)c2ccc(C=CC(C)C)cc2)cc1. The van der Waals surface area contributed by atoms with Crippen LogP contribution >= 0.6 is 0 Å². The zero-order valence-electron chi connectivity index (χ0n) is 14.9. The lowest BCUT2D eigenvalue weighted by molar-refractivity contribution is 0.102. The highest BCUT2D eigenvalue weighted by molar-refractivity contribution is 6.04. The normalized spacial score (nSPS) is 11.2. The number of anilines is 1. The Hall–Kier alpha value is -2.35. The van der Waals surface area contributed by atoms with Gasteiger partial charge >= 0.3 is 0 Å². The molecule has 1 N–H and O–H groups in total. The molecule has 0 saturated carbocycles. The summed E-state index contributed by atoms with van der Waals surface area (Å²) in [5.74, 6) is 0.448. The molecule has 0 aliphatic carbocycles. The third-order valence-electron chi connectivity index (χ3n) is 3.88. The van der Waals surface area contributed by atoms with Crippen molar-refractivity contribution in [3.05, 3.63) is 71.3 Å². The van der Waals surface area contributed by atoms with Crippen molar-refractivity contribution >= 4 is 17.7 Å². The minimum atomic E-state index is -0.0734. The summed E-state index contributed by atoms with van der Waals surface area (Å²) in [6, 6.07) is 15.8. The summed E-state index contributed by atoms with van der Waals surface area (Å²) >= 11 is 0. The van der Waals surface area contributed by atoms with E-state index in [2.05, 4.69) is 50.4 Å². The average Bonchev–Trinajstić information content (AvgIpc) is 2.59. The first-order chi connectivity index (χ1) is 11.6. The maximum absolute atomic E-state index is 12.3. The van der Waals surface area contributed by atoms with Crippen LogP contribution in [0.2, 0.25) is 0 Å². The largest absolute Gasteiger partial charge is 0.322 e. The van der Waals surface area contributed by atoms with Gasteiger partial charge in [0, 0.05) is 11.3 Å². The van der Waals surface area contributed by atoms with Crippen molar-refractivity contribution < 1.29 is 4.79 Å². The number of rotatable bonds is 7. The highest BCUT2D eigenvalue weighted by Crippen LogP contribution is 2.14. The van der Waals surface area contributed by atoms with E-state index < -0.39 is 0 Å². The van der Waals surface area contributed by atoms with Crippen LogP contribution in [-0.2, 0) is 6.42 Å². The van der Waals surface area contributed by atoms with E-state index in [0.29, 0.717) is 11.5 Å². The van der Waals surface area contributed by atoms with Gasteiger partial charge < -0.3 is 5.32 Å². The molecular weight excluding hydrogens is 294 g/mol. The van der Waals surface area contributed by atoms with Crippen LogP contribution in [0.15, 0.2) is 54.6 Å². The molecule has 126 valence electrons. The first-order valence-corrected chi connectivity index (χ1v) is 8.77. The van der Waals surface area contributed by atoms with Gasteiger partial charge in [-0.3, -0.25) is 4.79 Å². The smallest absolute Gasteiger partial charge is 0.255 e. The second-order valence-electron chi connectivity index (χ2n) is 6.48. The van der Waals surface area contributed by atoms with E-state index >= 15 is 0 Å². The van der Waals surface area contributed by atoms with Gasteiger partial charge in [-0.2, -0.15) is 0 Å². The van der Waals surface area contributed by atoms with Crippen molar-refractivity contribution in [1.82, 2.24) is 0 Å². The van der Waals surface area contributed by atoms with Gasteiger partial charge in [-0.15, -0.1) is 0 Å².